The van der Waals surface area contributed by atoms with Gasteiger partial charge in [0.05, 0.1) is 4.47 Å². The third kappa shape index (κ3) is 4.76. The Morgan fingerprint density at radius 1 is 1.19 bits per heavy atom. The van der Waals surface area contributed by atoms with E-state index in [1.54, 1.807) is 0 Å². The van der Waals surface area contributed by atoms with Crippen molar-refractivity contribution in [1.82, 2.24) is 0 Å². The normalized spacial score (nSPS) is 12.0. The van der Waals surface area contributed by atoms with Gasteiger partial charge in [0, 0.05) is 12.2 Å². The Bertz CT molecular complexity index is 601. The van der Waals surface area contributed by atoms with Crippen LogP contribution in [0.15, 0.2) is 46.9 Å². The summed E-state index contributed by atoms with van der Waals surface area (Å²) in [6, 6.07) is 13.9. The minimum absolute atomic E-state index is 0.251. The second-order valence-corrected chi connectivity index (χ2v) is 5.95. The molecule has 112 valence electrons. The minimum Gasteiger partial charge on any atom is -0.490 e. The van der Waals surface area contributed by atoms with Crippen molar-refractivity contribution < 1.29 is 9.84 Å². The van der Waals surface area contributed by atoms with Crippen molar-refractivity contribution in [3.8, 4) is 5.75 Å². The zero-order chi connectivity index (χ0) is 15.2. The summed E-state index contributed by atoms with van der Waals surface area (Å²) >= 11 is 3.46. The third-order valence-corrected chi connectivity index (χ3v) is 3.81. The maximum atomic E-state index is 10.0. The molecule has 0 aliphatic heterocycles. The van der Waals surface area contributed by atoms with Crippen molar-refractivity contribution in [2.45, 2.75) is 20.0 Å². The molecule has 4 heteroatoms. The summed E-state index contributed by atoms with van der Waals surface area (Å²) < 4.78 is 6.54. The maximum Gasteiger partial charge on any atom is 0.133 e. The van der Waals surface area contributed by atoms with E-state index in [0.717, 1.165) is 27.0 Å². The van der Waals surface area contributed by atoms with E-state index in [1.807, 2.05) is 56.3 Å². The van der Waals surface area contributed by atoms with Crippen molar-refractivity contribution in [3.63, 3.8) is 0 Å². The van der Waals surface area contributed by atoms with Crippen LogP contribution in [-0.4, -0.2) is 24.4 Å². The smallest absolute Gasteiger partial charge is 0.133 e. The highest BCUT2D eigenvalue weighted by Crippen LogP contribution is 2.25. The summed E-state index contributed by atoms with van der Waals surface area (Å²) in [5, 5.41) is 13.2. The Morgan fingerprint density at radius 3 is 2.67 bits per heavy atom. The number of hydrogen-bond acceptors (Lipinski definition) is 3. The van der Waals surface area contributed by atoms with Gasteiger partial charge in [0.15, 0.2) is 0 Å². The number of anilines is 1. The third-order valence-electron chi connectivity index (χ3n) is 3.19. The Labute approximate surface area is 134 Å². The average Bonchev–Trinajstić information content (AvgIpc) is 2.45. The number of aliphatic hydroxyl groups excluding tert-OH is 1. The quantitative estimate of drug-likeness (QED) is 0.830. The Hall–Kier alpha value is -1.52. The van der Waals surface area contributed by atoms with Gasteiger partial charge in [0.25, 0.3) is 0 Å². The average molecular weight is 350 g/mol. The monoisotopic (exact) mass is 349 g/mol. The van der Waals surface area contributed by atoms with E-state index in [1.165, 1.54) is 0 Å². The minimum atomic E-state index is -0.571. The lowest BCUT2D eigenvalue weighted by atomic mass is 10.2. The van der Waals surface area contributed by atoms with Crippen LogP contribution in [0.5, 0.6) is 5.75 Å². The molecule has 0 amide bonds. The standard InChI is InChI=1S/C17H20BrNO2/c1-12-7-8-17(15(18)9-12)21-11-14(20)10-19-16-6-4-3-5-13(16)2/h3-9,14,19-20H,10-11H2,1-2H3. The number of para-hydroxylation sites is 1. The summed E-state index contributed by atoms with van der Waals surface area (Å²) in [7, 11) is 0. The fraction of sp³-hybridized carbons (Fsp3) is 0.294. The highest BCUT2D eigenvalue weighted by Gasteiger charge is 2.08. The second-order valence-electron chi connectivity index (χ2n) is 5.09. The molecule has 0 aliphatic carbocycles. The summed E-state index contributed by atoms with van der Waals surface area (Å²) in [6.07, 6.45) is -0.571. The van der Waals surface area contributed by atoms with Gasteiger partial charge in [0.2, 0.25) is 0 Å². The van der Waals surface area contributed by atoms with Crippen LogP contribution < -0.4 is 10.1 Å². The van der Waals surface area contributed by atoms with Gasteiger partial charge < -0.3 is 15.2 Å². The van der Waals surface area contributed by atoms with Gasteiger partial charge in [-0.2, -0.15) is 0 Å². The molecule has 0 bridgehead atoms. The topological polar surface area (TPSA) is 41.5 Å². The summed E-state index contributed by atoms with van der Waals surface area (Å²) in [6.45, 7) is 4.76. The molecule has 0 aliphatic rings. The number of halogens is 1. The van der Waals surface area contributed by atoms with Crippen molar-refractivity contribution >= 4 is 21.6 Å². The van der Waals surface area contributed by atoms with E-state index in [-0.39, 0.29) is 6.61 Å². The Morgan fingerprint density at radius 2 is 1.95 bits per heavy atom. The van der Waals surface area contributed by atoms with Gasteiger partial charge in [-0.15, -0.1) is 0 Å². The fourth-order valence-corrected chi connectivity index (χ4v) is 2.57. The first kappa shape index (κ1) is 15.9. The van der Waals surface area contributed by atoms with E-state index in [2.05, 4.69) is 21.2 Å². The molecule has 0 heterocycles. The molecule has 2 N–H and O–H groups in total. The highest BCUT2D eigenvalue weighted by molar-refractivity contribution is 9.10. The first-order valence-corrected chi connectivity index (χ1v) is 7.72. The van der Waals surface area contributed by atoms with Crippen LogP contribution in [0.1, 0.15) is 11.1 Å². The van der Waals surface area contributed by atoms with Crippen LogP contribution in [0.2, 0.25) is 0 Å². The molecule has 0 aromatic heterocycles. The van der Waals surface area contributed by atoms with Gasteiger partial charge in [-0.25, -0.2) is 0 Å². The molecular formula is C17H20BrNO2. The van der Waals surface area contributed by atoms with Gasteiger partial charge in [-0.05, 0) is 59.1 Å². The molecule has 0 radical (unpaired) electrons. The lowest BCUT2D eigenvalue weighted by Crippen LogP contribution is -2.26. The van der Waals surface area contributed by atoms with E-state index >= 15 is 0 Å². The predicted molar refractivity (Wildman–Crippen MR) is 90.0 cm³/mol. The maximum absolute atomic E-state index is 10.0. The second kappa shape index (κ2) is 7.48. The molecule has 0 fully saturated rings. The number of benzene rings is 2. The van der Waals surface area contributed by atoms with E-state index in [9.17, 15) is 5.11 Å². The molecule has 2 aromatic carbocycles. The van der Waals surface area contributed by atoms with Crippen LogP contribution in [0.3, 0.4) is 0 Å². The van der Waals surface area contributed by atoms with Crippen molar-refractivity contribution in [1.29, 1.82) is 0 Å². The number of ether oxygens (including phenoxy) is 1. The molecular weight excluding hydrogens is 330 g/mol. The van der Waals surface area contributed by atoms with Crippen molar-refractivity contribution in [2.24, 2.45) is 0 Å². The molecule has 2 aromatic rings. The molecule has 1 unspecified atom stereocenters. The van der Waals surface area contributed by atoms with Crippen LogP contribution in [0, 0.1) is 13.8 Å². The number of aliphatic hydroxyl groups is 1. The van der Waals surface area contributed by atoms with Gasteiger partial charge in [-0.3, -0.25) is 0 Å². The molecule has 21 heavy (non-hydrogen) atoms. The first-order chi connectivity index (χ1) is 10.1. The fourth-order valence-electron chi connectivity index (χ4n) is 1.97. The van der Waals surface area contributed by atoms with Gasteiger partial charge in [-0.1, -0.05) is 24.3 Å². The number of aryl methyl sites for hydroxylation is 2. The zero-order valence-electron chi connectivity index (χ0n) is 12.3. The lowest BCUT2D eigenvalue weighted by molar-refractivity contribution is 0.117. The van der Waals surface area contributed by atoms with E-state index < -0.39 is 6.10 Å². The van der Waals surface area contributed by atoms with E-state index in [4.69, 9.17) is 4.74 Å². The molecule has 0 spiro atoms. The molecule has 0 saturated carbocycles. The highest BCUT2D eigenvalue weighted by atomic mass is 79.9. The zero-order valence-corrected chi connectivity index (χ0v) is 13.9. The summed E-state index contributed by atoms with van der Waals surface area (Å²) in [5.41, 5.74) is 3.36. The van der Waals surface area contributed by atoms with Gasteiger partial charge >= 0.3 is 0 Å². The van der Waals surface area contributed by atoms with Crippen LogP contribution >= 0.6 is 15.9 Å². The van der Waals surface area contributed by atoms with Crippen LogP contribution in [-0.2, 0) is 0 Å². The first-order valence-electron chi connectivity index (χ1n) is 6.93. The number of hydrogen-bond donors (Lipinski definition) is 2. The molecule has 0 saturated heterocycles. The SMILES string of the molecule is Cc1ccc(OCC(O)CNc2ccccc2C)c(Br)c1. The summed E-state index contributed by atoms with van der Waals surface area (Å²) in [4.78, 5) is 0. The Balaban J connectivity index is 1.82. The van der Waals surface area contributed by atoms with Crippen molar-refractivity contribution in [2.75, 3.05) is 18.5 Å². The summed E-state index contributed by atoms with van der Waals surface area (Å²) in [5.74, 6) is 0.746. The van der Waals surface area contributed by atoms with Crippen molar-refractivity contribution in [3.05, 3.63) is 58.1 Å². The lowest BCUT2D eigenvalue weighted by Gasteiger charge is -2.16. The van der Waals surface area contributed by atoms with Gasteiger partial charge in [0.1, 0.15) is 18.5 Å². The molecule has 2 rings (SSSR count). The predicted octanol–water partition coefficient (Wildman–Crippen LogP) is 3.92. The Kier molecular flexibility index (Phi) is 5.65. The number of nitrogens with one attached hydrogen (secondary N) is 1. The van der Waals surface area contributed by atoms with E-state index in [0.29, 0.717) is 6.54 Å². The molecule has 3 nitrogen and oxygen atoms in total. The van der Waals surface area contributed by atoms with Crippen LogP contribution in [0.25, 0.3) is 0 Å². The van der Waals surface area contributed by atoms with Crippen LogP contribution in [0.4, 0.5) is 5.69 Å². The molecule has 1 atom stereocenters. The number of rotatable bonds is 6. The largest absolute Gasteiger partial charge is 0.490 e.